The number of nitrogens with zero attached hydrogens (tertiary/aromatic N) is 4. The first-order valence-corrected chi connectivity index (χ1v) is 10.4. The van der Waals surface area contributed by atoms with Crippen LogP contribution >= 0.6 is 0 Å². The number of tetrazole rings is 1. The van der Waals surface area contributed by atoms with Crippen LogP contribution in [0.15, 0.2) is 59.8 Å². The van der Waals surface area contributed by atoms with Gasteiger partial charge in [0.1, 0.15) is 18.4 Å². The molecule has 0 spiro atoms. The molecule has 2 heterocycles. The summed E-state index contributed by atoms with van der Waals surface area (Å²) in [6.07, 6.45) is 0. The minimum atomic E-state index is -0.493. The molecule has 8 nitrogen and oxygen atoms in total. The molecule has 8 heteroatoms. The number of aromatic nitrogens is 4. The monoisotopic (exact) mass is 433 g/mol. The maximum absolute atomic E-state index is 12.5. The molecule has 3 aromatic rings. The van der Waals surface area contributed by atoms with E-state index >= 15 is 0 Å². The number of carbonyl (C=O) groups excluding carboxylic acids is 1. The van der Waals surface area contributed by atoms with E-state index in [1.54, 1.807) is 11.6 Å². The second-order valence-corrected chi connectivity index (χ2v) is 8.81. The number of anilines is 1. The molecule has 2 aromatic carbocycles. The largest absolute Gasteiger partial charge is 0.489 e. The molecular weight excluding hydrogens is 406 g/mol. The zero-order valence-corrected chi connectivity index (χ0v) is 18.9. The van der Waals surface area contributed by atoms with E-state index in [4.69, 9.17) is 9.47 Å². The van der Waals surface area contributed by atoms with Crippen LogP contribution in [0.25, 0.3) is 0 Å². The first kappa shape index (κ1) is 21.5. The van der Waals surface area contributed by atoms with Crippen LogP contribution < -0.4 is 10.1 Å². The number of hydrogen-bond acceptors (Lipinski definition) is 7. The Hall–Kier alpha value is -3.68. The third-order valence-electron chi connectivity index (χ3n) is 5.54. The van der Waals surface area contributed by atoms with Gasteiger partial charge in [0, 0.05) is 5.70 Å². The smallest absolute Gasteiger partial charge is 0.338 e. The van der Waals surface area contributed by atoms with Gasteiger partial charge in [-0.2, -0.15) is 4.68 Å². The summed E-state index contributed by atoms with van der Waals surface area (Å²) in [7, 11) is 1.36. The van der Waals surface area contributed by atoms with Crippen LogP contribution in [0.2, 0.25) is 0 Å². The molecular formula is C24H27N5O3. The molecule has 32 heavy (non-hydrogen) atoms. The molecule has 1 aliphatic rings. The highest BCUT2D eigenvalue weighted by molar-refractivity contribution is 5.92. The lowest BCUT2D eigenvalue weighted by Crippen LogP contribution is -2.29. The highest BCUT2D eigenvalue weighted by atomic mass is 16.5. The van der Waals surface area contributed by atoms with Gasteiger partial charge in [-0.25, -0.2) is 4.79 Å². The average Bonchev–Trinajstić information content (AvgIpc) is 3.24. The van der Waals surface area contributed by atoms with E-state index in [-0.39, 0.29) is 5.41 Å². The van der Waals surface area contributed by atoms with Gasteiger partial charge in [0.25, 0.3) is 0 Å². The van der Waals surface area contributed by atoms with Crippen LogP contribution in [0.1, 0.15) is 50.4 Å². The molecule has 0 bridgehead atoms. The molecule has 0 aliphatic carbocycles. The van der Waals surface area contributed by atoms with Gasteiger partial charge < -0.3 is 14.8 Å². The fraction of sp³-hybridized carbons (Fsp3) is 0.333. The Morgan fingerprint density at radius 1 is 1.09 bits per heavy atom. The predicted octanol–water partition coefficient (Wildman–Crippen LogP) is 4.01. The molecule has 1 unspecified atom stereocenters. The lowest BCUT2D eigenvalue weighted by atomic mass is 9.87. The molecule has 0 fully saturated rings. The lowest BCUT2D eigenvalue weighted by Gasteiger charge is -2.27. The normalized spacial score (nSPS) is 15.7. The van der Waals surface area contributed by atoms with Crippen molar-refractivity contribution in [2.45, 2.75) is 45.8 Å². The van der Waals surface area contributed by atoms with Crippen molar-refractivity contribution in [3.8, 4) is 5.75 Å². The van der Waals surface area contributed by atoms with E-state index in [1.807, 2.05) is 24.3 Å². The van der Waals surface area contributed by atoms with Crippen LogP contribution in [-0.4, -0.2) is 33.3 Å². The van der Waals surface area contributed by atoms with E-state index in [0.717, 1.165) is 16.9 Å². The number of rotatable bonds is 5. The van der Waals surface area contributed by atoms with Crippen molar-refractivity contribution in [1.82, 2.24) is 20.2 Å². The molecule has 0 saturated heterocycles. The summed E-state index contributed by atoms with van der Waals surface area (Å²) >= 11 is 0. The maximum atomic E-state index is 12.5. The van der Waals surface area contributed by atoms with Crippen molar-refractivity contribution in [2.24, 2.45) is 0 Å². The standard InChI is InChI=1S/C24H27N5O3/c1-15-20(22(30)31-5)21(29-23(25-15)26-27-28-29)17-8-12-19(13-9-17)32-14-16-6-10-18(11-7-16)24(2,3)4/h6-13,21H,14H2,1-5H3,(H,25,26,28). The molecule has 1 aliphatic heterocycles. The number of ether oxygens (including phenoxy) is 2. The summed E-state index contributed by atoms with van der Waals surface area (Å²) < 4.78 is 12.5. The van der Waals surface area contributed by atoms with Crippen molar-refractivity contribution in [2.75, 3.05) is 12.4 Å². The van der Waals surface area contributed by atoms with Crippen molar-refractivity contribution in [3.63, 3.8) is 0 Å². The zero-order valence-electron chi connectivity index (χ0n) is 18.9. The lowest BCUT2D eigenvalue weighted by molar-refractivity contribution is -0.136. The van der Waals surface area contributed by atoms with Crippen molar-refractivity contribution >= 4 is 11.9 Å². The third-order valence-corrected chi connectivity index (χ3v) is 5.54. The number of carbonyl (C=O) groups is 1. The number of methoxy groups -OCH3 is 1. The summed E-state index contributed by atoms with van der Waals surface area (Å²) in [5.74, 6) is 0.777. The first-order chi connectivity index (χ1) is 15.3. The highest BCUT2D eigenvalue weighted by Gasteiger charge is 2.34. The second kappa shape index (κ2) is 8.45. The van der Waals surface area contributed by atoms with Gasteiger partial charge in [-0.15, -0.1) is 0 Å². The third kappa shape index (κ3) is 4.21. The summed E-state index contributed by atoms with van der Waals surface area (Å²) in [6.45, 7) is 8.87. The van der Waals surface area contributed by atoms with Crippen LogP contribution in [0.3, 0.4) is 0 Å². The fourth-order valence-electron chi connectivity index (χ4n) is 3.71. The summed E-state index contributed by atoms with van der Waals surface area (Å²) in [4.78, 5) is 12.5. The topological polar surface area (TPSA) is 91.2 Å². The Bertz CT molecular complexity index is 1140. The van der Waals surface area contributed by atoms with Gasteiger partial charge in [0.05, 0.1) is 12.7 Å². The molecule has 4 rings (SSSR count). The molecule has 1 N–H and O–H groups in total. The van der Waals surface area contributed by atoms with Crippen molar-refractivity contribution in [3.05, 3.63) is 76.5 Å². The first-order valence-electron chi connectivity index (χ1n) is 10.4. The summed E-state index contributed by atoms with van der Waals surface area (Å²) in [6, 6.07) is 15.6. The quantitative estimate of drug-likeness (QED) is 0.608. The Balaban J connectivity index is 1.52. The van der Waals surface area contributed by atoms with Gasteiger partial charge in [-0.1, -0.05) is 62.3 Å². The van der Waals surface area contributed by atoms with Crippen molar-refractivity contribution in [1.29, 1.82) is 0 Å². The zero-order chi connectivity index (χ0) is 22.9. The average molecular weight is 434 g/mol. The maximum Gasteiger partial charge on any atom is 0.338 e. The minimum absolute atomic E-state index is 0.124. The Labute approximate surface area is 187 Å². The minimum Gasteiger partial charge on any atom is -0.489 e. The summed E-state index contributed by atoms with van der Waals surface area (Å²) in [5.41, 5.74) is 4.48. The van der Waals surface area contributed by atoms with E-state index < -0.39 is 12.0 Å². The molecule has 0 saturated carbocycles. The van der Waals surface area contributed by atoms with Crippen LogP contribution in [0.5, 0.6) is 5.75 Å². The van der Waals surface area contributed by atoms with Gasteiger partial charge in [-0.3, -0.25) is 0 Å². The fourth-order valence-corrected chi connectivity index (χ4v) is 3.71. The number of benzene rings is 2. The Morgan fingerprint density at radius 2 is 1.78 bits per heavy atom. The van der Waals surface area contributed by atoms with E-state index in [0.29, 0.717) is 23.8 Å². The van der Waals surface area contributed by atoms with Gasteiger partial charge in [0.15, 0.2) is 0 Å². The molecule has 166 valence electrons. The second-order valence-electron chi connectivity index (χ2n) is 8.81. The van der Waals surface area contributed by atoms with Gasteiger partial charge in [-0.05, 0) is 51.6 Å². The Kier molecular flexibility index (Phi) is 5.69. The highest BCUT2D eigenvalue weighted by Crippen LogP contribution is 2.35. The SMILES string of the molecule is COC(=O)C1=C(C)Nc2nnnn2C1c1ccc(OCc2ccc(C(C)(C)C)cc2)cc1. The number of fused-ring (bicyclic) bond motifs is 1. The van der Waals surface area contributed by atoms with Gasteiger partial charge in [0.2, 0.25) is 5.95 Å². The molecule has 0 amide bonds. The predicted molar refractivity (Wildman–Crippen MR) is 120 cm³/mol. The number of esters is 1. The van der Waals surface area contributed by atoms with E-state index in [2.05, 4.69) is 65.9 Å². The van der Waals surface area contributed by atoms with Gasteiger partial charge >= 0.3 is 5.97 Å². The van der Waals surface area contributed by atoms with E-state index in [1.165, 1.54) is 12.7 Å². The van der Waals surface area contributed by atoms with Crippen LogP contribution in [0.4, 0.5) is 5.95 Å². The van der Waals surface area contributed by atoms with Crippen molar-refractivity contribution < 1.29 is 14.3 Å². The Morgan fingerprint density at radius 3 is 2.41 bits per heavy atom. The number of nitrogens with one attached hydrogen (secondary N) is 1. The molecule has 0 radical (unpaired) electrons. The summed E-state index contributed by atoms with van der Waals surface area (Å²) in [5, 5.41) is 14.8. The van der Waals surface area contributed by atoms with Crippen LogP contribution in [0, 0.1) is 0 Å². The number of allylic oxidation sites excluding steroid dienone is 1. The molecule has 1 atom stereocenters. The molecule has 1 aromatic heterocycles. The van der Waals surface area contributed by atoms with Crippen LogP contribution in [-0.2, 0) is 21.6 Å². The van der Waals surface area contributed by atoms with E-state index in [9.17, 15) is 4.79 Å². The number of hydrogen-bond donors (Lipinski definition) is 1.